The number of rotatable bonds is 13. The fourth-order valence-corrected chi connectivity index (χ4v) is 5.25. The third-order valence-corrected chi connectivity index (χ3v) is 7.59. The molecule has 0 aliphatic carbocycles. The predicted molar refractivity (Wildman–Crippen MR) is 146 cm³/mol. The number of thioether (sulfide) groups is 2. The van der Waals surface area contributed by atoms with Gasteiger partial charge < -0.3 is 15.4 Å². The first kappa shape index (κ1) is 26.7. The van der Waals surface area contributed by atoms with E-state index in [0.717, 1.165) is 22.8 Å². The van der Waals surface area contributed by atoms with E-state index in [1.165, 1.54) is 11.1 Å². The average molecular weight is 509 g/mol. The highest BCUT2D eigenvalue weighted by Crippen LogP contribution is 2.19. The summed E-state index contributed by atoms with van der Waals surface area (Å²) in [5.41, 5.74) is 2.22. The second-order valence-electron chi connectivity index (χ2n) is 8.29. The first-order valence-corrected chi connectivity index (χ1v) is 13.9. The molecule has 184 valence electrons. The summed E-state index contributed by atoms with van der Waals surface area (Å²) < 4.78 is 5.39. The van der Waals surface area contributed by atoms with Crippen molar-refractivity contribution in [2.75, 3.05) is 18.1 Å². The van der Waals surface area contributed by atoms with Gasteiger partial charge in [-0.3, -0.25) is 4.79 Å². The standard InChI is InChI=1S/C28H32N2O3S2/c1-28(22-35-21-25-15-9-4-10-16-25,30-27(32)33-19-23-11-5-2-6-12-23)26(31)29-17-18-34-20-24-13-7-3-8-14-24/h2-16H,17-22H2,1H3,(H,29,31)(H,30,32)/t28-/m0/s1. The molecule has 0 fully saturated rings. The molecule has 0 spiro atoms. The first-order chi connectivity index (χ1) is 17.0. The van der Waals surface area contributed by atoms with Crippen molar-refractivity contribution in [3.05, 3.63) is 108 Å². The quantitative estimate of drug-likeness (QED) is 0.292. The molecule has 0 aliphatic heterocycles. The summed E-state index contributed by atoms with van der Waals surface area (Å²) in [5, 5.41) is 5.81. The van der Waals surface area contributed by atoms with E-state index in [4.69, 9.17) is 4.74 Å². The minimum atomic E-state index is -1.10. The lowest BCUT2D eigenvalue weighted by Crippen LogP contribution is -2.59. The summed E-state index contributed by atoms with van der Waals surface area (Å²) in [6.07, 6.45) is -0.606. The number of hydrogen-bond donors (Lipinski definition) is 2. The topological polar surface area (TPSA) is 67.4 Å². The number of hydrogen-bond acceptors (Lipinski definition) is 5. The van der Waals surface area contributed by atoms with Crippen LogP contribution in [0.5, 0.6) is 0 Å². The summed E-state index contributed by atoms with van der Waals surface area (Å²) in [7, 11) is 0. The summed E-state index contributed by atoms with van der Waals surface area (Å²) in [6, 6.07) is 29.8. The predicted octanol–water partition coefficient (Wildman–Crippen LogP) is 5.65. The number of benzene rings is 3. The molecule has 7 heteroatoms. The van der Waals surface area contributed by atoms with Gasteiger partial charge in [-0.25, -0.2) is 4.79 Å². The van der Waals surface area contributed by atoms with Gasteiger partial charge in [0.2, 0.25) is 5.91 Å². The Balaban J connectivity index is 1.51. The SMILES string of the molecule is C[C@@](CSCc1ccccc1)(NC(=O)OCc1ccccc1)C(=O)NCCSCc1ccccc1. The van der Waals surface area contributed by atoms with Gasteiger partial charge in [0.1, 0.15) is 12.1 Å². The van der Waals surface area contributed by atoms with E-state index in [1.54, 1.807) is 30.4 Å². The van der Waals surface area contributed by atoms with Crippen molar-refractivity contribution >= 4 is 35.5 Å². The maximum absolute atomic E-state index is 13.1. The van der Waals surface area contributed by atoms with Gasteiger partial charge in [-0.05, 0) is 23.6 Å². The van der Waals surface area contributed by atoms with Crippen LogP contribution in [0.1, 0.15) is 23.6 Å². The molecule has 0 aromatic heterocycles. The smallest absolute Gasteiger partial charge is 0.408 e. The van der Waals surface area contributed by atoms with Gasteiger partial charge >= 0.3 is 6.09 Å². The number of alkyl carbamates (subject to hydrolysis) is 1. The molecular weight excluding hydrogens is 476 g/mol. The van der Waals surface area contributed by atoms with Gasteiger partial charge in [0.25, 0.3) is 0 Å². The molecule has 3 aromatic rings. The van der Waals surface area contributed by atoms with E-state index in [0.29, 0.717) is 12.3 Å². The van der Waals surface area contributed by atoms with E-state index in [1.807, 2.05) is 66.7 Å². The van der Waals surface area contributed by atoms with Crippen LogP contribution in [0.4, 0.5) is 4.79 Å². The fraction of sp³-hybridized carbons (Fsp3) is 0.286. The van der Waals surface area contributed by atoms with E-state index < -0.39 is 11.6 Å². The van der Waals surface area contributed by atoms with Gasteiger partial charge in [0, 0.05) is 29.6 Å². The third kappa shape index (κ3) is 9.70. The van der Waals surface area contributed by atoms with Crippen molar-refractivity contribution in [2.45, 2.75) is 30.6 Å². The molecule has 5 nitrogen and oxygen atoms in total. The van der Waals surface area contributed by atoms with Crippen molar-refractivity contribution in [3.8, 4) is 0 Å². The van der Waals surface area contributed by atoms with Gasteiger partial charge in [-0.1, -0.05) is 91.0 Å². The van der Waals surface area contributed by atoms with Crippen LogP contribution in [0, 0.1) is 0 Å². The van der Waals surface area contributed by atoms with Crippen LogP contribution in [0.2, 0.25) is 0 Å². The molecule has 0 saturated carbocycles. The van der Waals surface area contributed by atoms with Gasteiger partial charge in [-0.15, -0.1) is 0 Å². The molecular formula is C28H32N2O3S2. The normalized spacial score (nSPS) is 12.4. The molecule has 35 heavy (non-hydrogen) atoms. The Morgan fingerprint density at radius 1 is 0.771 bits per heavy atom. The minimum absolute atomic E-state index is 0.150. The van der Waals surface area contributed by atoms with Gasteiger partial charge in [0.05, 0.1) is 0 Å². The lowest BCUT2D eigenvalue weighted by atomic mass is 10.0. The summed E-state index contributed by atoms with van der Waals surface area (Å²) >= 11 is 3.36. The molecule has 0 bridgehead atoms. The zero-order valence-electron chi connectivity index (χ0n) is 19.9. The van der Waals surface area contributed by atoms with E-state index in [-0.39, 0.29) is 12.5 Å². The number of carbonyl (C=O) groups excluding carboxylic acids is 2. The van der Waals surface area contributed by atoms with E-state index in [2.05, 4.69) is 34.9 Å². The van der Waals surface area contributed by atoms with Crippen LogP contribution in [0.25, 0.3) is 0 Å². The molecule has 0 heterocycles. The molecule has 0 aliphatic rings. The monoisotopic (exact) mass is 508 g/mol. The lowest BCUT2D eigenvalue weighted by Gasteiger charge is -2.29. The summed E-state index contributed by atoms with van der Waals surface area (Å²) in [4.78, 5) is 25.7. The van der Waals surface area contributed by atoms with Crippen molar-refractivity contribution in [1.82, 2.24) is 10.6 Å². The number of nitrogens with one attached hydrogen (secondary N) is 2. The Morgan fingerprint density at radius 3 is 1.86 bits per heavy atom. The Kier molecular flexibility index (Phi) is 11.1. The van der Waals surface area contributed by atoms with Gasteiger partial charge in [0.15, 0.2) is 0 Å². The number of carbonyl (C=O) groups is 2. The van der Waals surface area contributed by atoms with Crippen LogP contribution in [0.3, 0.4) is 0 Å². The largest absolute Gasteiger partial charge is 0.445 e. The van der Waals surface area contributed by atoms with Crippen LogP contribution in [-0.4, -0.2) is 35.6 Å². The zero-order chi connectivity index (χ0) is 24.8. The average Bonchev–Trinajstić information content (AvgIpc) is 2.89. The Hall–Kier alpha value is -2.90. The van der Waals surface area contributed by atoms with Crippen molar-refractivity contribution in [1.29, 1.82) is 0 Å². The molecule has 0 unspecified atom stereocenters. The lowest BCUT2D eigenvalue weighted by molar-refractivity contribution is -0.125. The second kappa shape index (κ2) is 14.5. The van der Waals surface area contributed by atoms with E-state index in [9.17, 15) is 9.59 Å². The summed E-state index contributed by atoms with van der Waals surface area (Å²) in [5.74, 6) is 2.63. The first-order valence-electron chi connectivity index (χ1n) is 11.6. The van der Waals surface area contributed by atoms with Crippen molar-refractivity contribution < 1.29 is 14.3 Å². The highest BCUT2D eigenvalue weighted by molar-refractivity contribution is 7.98. The van der Waals surface area contributed by atoms with Crippen LogP contribution in [0.15, 0.2) is 91.0 Å². The fourth-order valence-electron chi connectivity index (χ4n) is 3.29. The van der Waals surface area contributed by atoms with E-state index >= 15 is 0 Å². The van der Waals surface area contributed by atoms with Crippen LogP contribution < -0.4 is 10.6 Å². The third-order valence-electron chi connectivity index (χ3n) is 5.24. The maximum atomic E-state index is 13.1. The second-order valence-corrected chi connectivity index (χ2v) is 10.4. The molecule has 0 radical (unpaired) electrons. The highest BCUT2D eigenvalue weighted by atomic mass is 32.2. The van der Waals surface area contributed by atoms with Crippen molar-refractivity contribution in [3.63, 3.8) is 0 Å². The van der Waals surface area contributed by atoms with Crippen LogP contribution in [-0.2, 0) is 27.6 Å². The minimum Gasteiger partial charge on any atom is -0.445 e. The molecule has 1 atom stereocenters. The molecule has 3 aromatic carbocycles. The molecule has 2 amide bonds. The highest BCUT2D eigenvalue weighted by Gasteiger charge is 2.35. The van der Waals surface area contributed by atoms with Crippen LogP contribution >= 0.6 is 23.5 Å². The molecule has 3 rings (SSSR count). The van der Waals surface area contributed by atoms with Crippen molar-refractivity contribution in [2.24, 2.45) is 0 Å². The molecule has 2 N–H and O–H groups in total. The maximum Gasteiger partial charge on any atom is 0.408 e. The Labute approximate surface area is 216 Å². The Morgan fingerprint density at radius 2 is 1.29 bits per heavy atom. The van der Waals surface area contributed by atoms with Gasteiger partial charge in [-0.2, -0.15) is 23.5 Å². The Bertz CT molecular complexity index is 1040. The number of amides is 2. The zero-order valence-corrected chi connectivity index (χ0v) is 21.6. The molecule has 0 saturated heterocycles. The summed E-state index contributed by atoms with van der Waals surface area (Å²) in [6.45, 7) is 2.43. The number of ether oxygens (including phenoxy) is 1.